The zero-order valence-electron chi connectivity index (χ0n) is 17.5. The molecular formula is C24H23N5O3. The van der Waals surface area contributed by atoms with E-state index in [1.807, 2.05) is 12.1 Å². The minimum atomic E-state index is -0.360. The minimum absolute atomic E-state index is 0.0487. The van der Waals surface area contributed by atoms with Gasteiger partial charge in [0.2, 0.25) is 11.7 Å². The highest BCUT2D eigenvalue weighted by Crippen LogP contribution is 2.30. The summed E-state index contributed by atoms with van der Waals surface area (Å²) >= 11 is 0. The molecule has 0 atom stereocenters. The van der Waals surface area contributed by atoms with Crippen LogP contribution in [-0.4, -0.2) is 46.4 Å². The number of rotatable bonds is 9. The molecule has 8 nitrogen and oxygen atoms in total. The molecule has 1 fully saturated rings. The summed E-state index contributed by atoms with van der Waals surface area (Å²) in [5.41, 5.74) is 4.22. The number of aromatic nitrogens is 3. The number of anilines is 1. The lowest BCUT2D eigenvalue weighted by Gasteiger charge is -2.26. The summed E-state index contributed by atoms with van der Waals surface area (Å²) in [4.78, 5) is 37.1. The van der Waals surface area contributed by atoms with Gasteiger partial charge in [-0.15, -0.1) is 0 Å². The van der Waals surface area contributed by atoms with Crippen LogP contribution in [0.4, 0.5) is 5.69 Å². The number of hydrogen-bond acceptors (Lipinski definition) is 7. The average Bonchev–Trinajstić information content (AvgIpc) is 2.78. The van der Waals surface area contributed by atoms with Gasteiger partial charge < -0.3 is 15.4 Å². The molecule has 2 N–H and O–H groups in total. The van der Waals surface area contributed by atoms with E-state index >= 15 is 0 Å². The molecule has 32 heavy (non-hydrogen) atoms. The number of amides is 1. The van der Waals surface area contributed by atoms with Gasteiger partial charge in [-0.1, -0.05) is 30.8 Å². The van der Waals surface area contributed by atoms with Gasteiger partial charge in [0.15, 0.2) is 0 Å². The Morgan fingerprint density at radius 3 is 2.75 bits per heavy atom. The molecule has 2 aromatic heterocycles. The number of carbonyl (C=O) groups is 2. The zero-order chi connectivity index (χ0) is 22.3. The van der Waals surface area contributed by atoms with Crippen LogP contribution >= 0.6 is 0 Å². The molecule has 1 aliphatic rings. The summed E-state index contributed by atoms with van der Waals surface area (Å²) in [6.07, 6.45) is 5.91. The minimum Gasteiger partial charge on any atom is -0.380 e. The predicted molar refractivity (Wildman–Crippen MR) is 120 cm³/mol. The van der Waals surface area contributed by atoms with Crippen molar-refractivity contribution in [2.24, 2.45) is 0 Å². The summed E-state index contributed by atoms with van der Waals surface area (Å²) in [7, 11) is 0. The zero-order valence-corrected chi connectivity index (χ0v) is 17.5. The van der Waals surface area contributed by atoms with Crippen molar-refractivity contribution in [3.05, 3.63) is 84.7 Å². The van der Waals surface area contributed by atoms with Gasteiger partial charge in [-0.25, -0.2) is 15.0 Å². The van der Waals surface area contributed by atoms with Crippen molar-refractivity contribution in [2.45, 2.75) is 12.5 Å². The summed E-state index contributed by atoms with van der Waals surface area (Å²) < 4.78 is 5.29. The molecule has 1 aromatic carbocycles. The van der Waals surface area contributed by atoms with Crippen LogP contribution in [0.1, 0.15) is 27.7 Å². The average molecular weight is 429 g/mol. The Balaban J connectivity index is 1.51. The molecule has 8 heteroatoms. The molecule has 3 aromatic rings. The maximum absolute atomic E-state index is 12.5. The van der Waals surface area contributed by atoms with Crippen LogP contribution in [-0.2, 0) is 16.1 Å². The number of ketones is 1. The van der Waals surface area contributed by atoms with Gasteiger partial charge in [0.25, 0.3) is 0 Å². The van der Waals surface area contributed by atoms with Gasteiger partial charge >= 0.3 is 0 Å². The van der Waals surface area contributed by atoms with Crippen molar-refractivity contribution in [1.29, 1.82) is 0 Å². The van der Waals surface area contributed by atoms with E-state index in [2.05, 4.69) is 44.3 Å². The monoisotopic (exact) mass is 429 g/mol. The molecule has 0 unspecified atom stereocenters. The normalized spacial score (nSPS) is 13.2. The van der Waals surface area contributed by atoms with Crippen LogP contribution in [0.2, 0.25) is 0 Å². The molecule has 3 heterocycles. The van der Waals surface area contributed by atoms with Crippen LogP contribution in [0.5, 0.6) is 0 Å². The van der Waals surface area contributed by atoms with Gasteiger partial charge in [-0.2, -0.15) is 0 Å². The molecule has 1 aliphatic heterocycles. The number of nitrogens with zero attached hydrogens (tertiary/aromatic N) is 3. The molecule has 0 bridgehead atoms. The lowest BCUT2D eigenvalue weighted by molar-refractivity contribution is -0.115. The maximum atomic E-state index is 12.5. The third-order valence-electron chi connectivity index (χ3n) is 5.14. The fourth-order valence-corrected chi connectivity index (χ4v) is 3.33. The summed E-state index contributed by atoms with van der Waals surface area (Å²) in [6, 6.07) is 11.7. The Morgan fingerprint density at radius 1 is 1.16 bits per heavy atom. The van der Waals surface area contributed by atoms with E-state index in [0.29, 0.717) is 18.2 Å². The van der Waals surface area contributed by atoms with E-state index in [4.69, 9.17) is 4.74 Å². The number of pyridine rings is 1. The van der Waals surface area contributed by atoms with E-state index in [1.54, 1.807) is 24.5 Å². The second-order valence-corrected chi connectivity index (χ2v) is 7.40. The Bertz CT molecular complexity index is 1130. The highest BCUT2D eigenvalue weighted by molar-refractivity contribution is 6.09. The van der Waals surface area contributed by atoms with Crippen LogP contribution in [0.25, 0.3) is 11.1 Å². The Hall–Kier alpha value is -3.75. The first-order valence-corrected chi connectivity index (χ1v) is 10.2. The number of benzene rings is 1. The topological polar surface area (TPSA) is 106 Å². The van der Waals surface area contributed by atoms with Gasteiger partial charge in [0, 0.05) is 30.4 Å². The van der Waals surface area contributed by atoms with E-state index in [9.17, 15) is 9.59 Å². The number of allylic oxidation sites excluding steroid dienone is 1. The smallest absolute Gasteiger partial charge is 0.238 e. The van der Waals surface area contributed by atoms with E-state index in [-0.39, 0.29) is 23.9 Å². The molecule has 162 valence electrons. The molecule has 1 saturated heterocycles. The first-order chi connectivity index (χ1) is 15.6. The van der Waals surface area contributed by atoms with Crippen LogP contribution < -0.4 is 10.6 Å². The van der Waals surface area contributed by atoms with Crippen molar-refractivity contribution in [2.75, 3.05) is 25.1 Å². The van der Waals surface area contributed by atoms with E-state index < -0.39 is 0 Å². The van der Waals surface area contributed by atoms with E-state index in [1.165, 1.54) is 18.0 Å². The molecule has 0 radical (unpaired) electrons. The summed E-state index contributed by atoms with van der Waals surface area (Å²) in [5.74, 6) is -0.262. The predicted octanol–water partition coefficient (Wildman–Crippen LogP) is 2.75. The highest BCUT2D eigenvalue weighted by atomic mass is 16.5. The maximum Gasteiger partial charge on any atom is 0.238 e. The van der Waals surface area contributed by atoms with Crippen molar-refractivity contribution >= 4 is 17.4 Å². The van der Waals surface area contributed by atoms with Crippen molar-refractivity contribution in [3.63, 3.8) is 0 Å². The van der Waals surface area contributed by atoms with Gasteiger partial charge in [-0.3, -0.25) is 9.59 Å². The summed E-state index contributed by atoms with van der Waals surface area (Å²) in [6.45, 7) is 5.44. The second kappa shape index (κ2) is 10.0. The Labute approximate surface area is 185 Å². The third kappa shape index (κ3) is 5.11. The first kappa shape index (κ1) is 21.5. The van der Waals surface area contributed by atoms with Crippen LogP contribution in [0.3, 0.4) is 0 Å². The van der Waals surface area contributed by atoms with Crippen LogP contribution in [0, 0.1) is 0 Å². The molecular weight excluding hydrogens is 406 g/mol. The van der Waals surface area contributed by atoms with Crippen molar-refractivity contribution < 1.29 is 14.3 Å². The molecule has 0 spiro atoms. The Kier molecular flexibility index (Phi) is 6.74. The lowest BCUT2D eigenvalue weighted by Crippen LogP contribution is -2.28. The second-order valence-electron chi connectivity index (χ2n) is 7.40. The fourth-order valence-electron chi connectivity index (χ4n) is 3.33. The largest absolute Gasteiger partial charge is 0.380 e. The molecule has 0 saturated carbocycles. The van der Waals surface area contributed by atoms with Crippen molar-refractivity contribution in [3.8, 4) is 11.1 Å². The van der Waals surface area contributed by atoms with Gasteiger partial charge in [0.05, 0.1) is 31.1 Å². The lowest BCUT2D eigenvalue weighted by atomic mass is 9.94. The van der Waals surface area contributed by atoms with Crippen molar-refractivity contribution in [1.82, 2.24) is 20.3 Å². The Morgan fingerprint density at radius 2 is 2.03 bits per heavy atom. The number of carbonyl (C=O) groups excluding carboxylic acids is 2. The molecule has 0 aliphatic carbocycles. The standard InChI is InChI=1S/C24H23N5O3/c1-2-22(30)24-21(29-23(31)12-26-11-20-6-7-25-15-28-20)9-18(10-27-24)16-4-3-5-17(8-16)19-13-32-14-19/h2-10,15,19,26H,1,11-14H2,(H,29,31). The number of hydrogen-bond donors (Lipinski definition) is 2. The molecule has 4 rings (SSSR count). The molecule has 1 amide bonds. The van der Waals surface area contributed by atoms with Gasteiger partial charge in [0.1, 0.15) is 12.0 Å². The third-order valence-corrected chi connectivity index (χ3v) is 5.14. The van der Waals surface area contributed by atoms with E-state index in [0.717, 1.165) is 30.0 Å². The highest BCUT2D eigenvalue weighted by Gasteiger charge is 2.21. The quantitative estimate of drug-likeness (QED) is 0.398. The van der Waals surface area contributed by atoms with Crippen LogP contribution in [0.15, 0.2) is 67.8 Å². The number of nitrogens with one attached hydrogen (secondary N) is 2. The first-order valence-electron chi connectivity index (χ1n) is 10.2. The van der Waals surface area contributed by atoms with Gasteiger partial charge in [-0.05, 0) is 29.3 Å². The SMILES string of the molecule is C=CC(=O)c1ncc(-c2cccc(C3COC3)c2)cc1NC(=O)CNCc1ccncn1. The summed E-state index contributed by atoms with van der Waals surface area (Å²) in [5, 5.41) is 5.82. The fraction of sp³-hybridized carbons (Fsp3) is 0.208. The number of ether oxygens (including phenoxy) is 1.